The second-order valence-corrected chi connectivity index (χ2v) is 5.42. The molecule has 2 fully saturated rings. The van der Waals surface area contributed by atoms with Crippen LogP contribution in [0, 0.1) is 11.6 Å². The molecule has 0 spiro atoms. The summed E-state index contributed by atoms with van der Waals surface area (Å²) in [6, 6.07) is 1.62. The molecule has 1 N–H and O–H groups in total. The van der Waals surface area contributed by atoms with E-state index in [1.165, 1.54) is 12.8 Å². The third kappa shape index (κ3) is 2.56. The normalized spacial score (nSPS) is 27.8. The Morgan fingerprint density at radius 3 is 2.84 bits per heavy atom. The maximum atomic E-state index is 13.9. The molecule has 0 radical (unpaired) electrons. The molecule has 104 valence electrons. The molecule has 1 aromatic rings. The molecule has 0 amide bonds. The Morgan fingerprint density at radius 1 is 1.21 bits per heavy atom. The summed E-state index contributed by atoms with van der Waals surface area (Å²) in [6.07, 6.45) is 6.67. The number of piperidine rings is 1. The van der Waals surface area contributed by atoms with Gasteiger partial charge in [0.1, 0.15) is 5.82 Å². The zero-order valence-corrected chi connectivity index (χ0v) is 10.9. The summed E-state index contributed by atoms with van der Waals surface area (Å²) in [7, 11) is 0. The van der Waals surface area contributed by atoms with Crippen molar-refractivity contribution < 1.29 is 8.78 Å². The number of halogens is 2. The van der Waals surface area contributed by atoms with Crippen LogP contribution in [0.15, 0.2) is 12.3 Å². The van der Waals surface area contributed by atoms with Gasteiger partial charge < -0.3 is 10.2 Å². The molecule has 0 aliphatic carbocycles. The number of hydrogen-bond acceptors (Lipinski definition) is 3. The SMILES string of the molecule is Fc1cnc(N2CCCCC2C2CCCN2)c(F)c1. The van der Waals surface area contributed by atoms with Crippen LogP contribution in [0.1, 0.15) is 32.1 Å². The maximum absolute atomic E-state index is 13.9. The van der Waals surface area contributed by atoms with Crippen LogP contribution < -0.4 is 10.2 Å². The van der Waals surface area contributed by atoms with Crippen molar-refractivity contribution in [3.63, 3.8) is 0 Å². The average molecular weight is 267 g/mol. The molecule has 3 nitrogen and oxygen atoms in total. The van der Waals surface area contributed by atoms with E-state index in [0.717, 1.165) is 44.6 Å². The third-order valence-electron chi connectivity index (χ3n) is 4.17. The number of rotatable bonds is 2. The van der Waals surface area contributed by atoms with Crippen molar-refractivity contribution >= 4 is 5.82 Å². The number of anilines is 1. The summed E-state index contributed by atoms with van der Waals surface area (Å²) in [6.45, 7) is 1.84. The van der Waals surface area contributed by atoms with E-state index in [0.29, 0.717) is 11.9 Å². The molecule has 2 atom stereocenters. The van der Waals surface area contributed by atoms with Gasteiger partial charge >= 0.3 is 0 Å². The molecule has 0 aromatic carbocycles. The van der Waals surface area contributed by atoms with E-state index in [1.54, 1.807) is 0 Å². The van der Waals surface area contributed by atoms with Gasteiger partial charge in [-0.2, -0.15) is 0 Å². The lowest BCUT2D eigenvalue weighted by atomic mass is 9.94. The average Bonchev–Trinajstić information content (AvgIpc) is 2.93. The van der Waals surface area contributed by atoms with E-state index in [2.05, 4.69) is 10.3 Å². The first-order valence-electron chi connectivity index (χ1n) is 7.07. The second-order valence-electron chi connectivity index (χ2n) is 5.42. The van der Waals surface area contributed by atoms with Gasteiger partial charge in [-0.1, -0.05) is 0 Å². The van der Waals surface area contributed by atoms with Crippen molar-refractivity contribution in [1.29, 1.82) is 0 Å². The van der Waals surface area contributed by atoms with E-state index in [1.807, 2.05) is 4.90 Å². The predicted octanol–water partition coefficient (Wildman–Crippen LogP) is 2.47. The Bertz CT molecular complexity index is 446. The highest BCUT2D eigenvalue weighted by Crippen LogP contribution is 2.29. The van der Waals surface area contributed by atoms with Crippen molar-refractivity contribution in [2.75, 3.05) is 18.0 Å². The lowest BCUT2D eigenvalue weighted by Gasteiger charge is -2.40. The van der Waals surface area contributed by atoms with E-state index in [9.17, 15) is 8.78 Å². The van der Waals surface area contributed by atoms with E-state index >= 15 is 0 Å². The smallest absolute Gasteiger partial charge is 0.168 e. The zero-order chi connectivity index (χ0) is 13.2. The molecule has 1 aromatic heterocycles. The molecule has 19 heavy (non-hydrogen) atoms. The van der Waals surface area contributed by atoms with Gasteiger partial charge in [0, 0.05) is 24.7 Å². The van der Waals surface area contributed by atoms with Crippen LogP contribution in [-0.2, 0) is 0 Å². The van der Waals surface area contributed by atoms with Gasteiger partial charge in [0.25, 0.3) is 0 Å². The summed E-state index contributed by atoms with van der Waals surface area (Å²) in [5.41, 5.74) is 0. The lowest BCUT2D eigenvalue weighted by Crippen LogP contribution is -2.51. The zero-order valence-electron chi connectivity index (χ0n) is 10.9. The molecule has 2 aliphatic rings. The van der Waals surface area contributed by atoms with Gasteiger partial charge in [-0.05, 0) is 38.6 Å². The molecule has 3 rings (SSSR count). The number of hydrogen-bond donors (Lipinski definition) is 1. The lowest BCUT2D eigenvalue weighted by molar-refractivity contribution is 0.371. The van der Waals surface area contributed by atoms with Gasteiger partial charge in [-0.25, -0.2) is 13.8 Å². The number of pyridine rings is 1. The Balaban J connectivity index is 1.86. The predicted molar refractivity (Wildman–Crippen MR) is 70.2 cm³/mol. The first-order chi connectivity index (χ1) is 9.25. The highest BCUT2D eigenvalue weighted by Gasteiger charge is 2.33. The van der Waals surface area contributed by atoms with Crippen molar-refractivity contribution in [3.8, 4) is 0 Å². The maximum Gasteiger partial charge on any atom is 0.168 e. The summed E-state index contributed by atoms with van der Waals surface area (Å²) in [4.78, 5) is 6.00. The minimum atomic E-state index is -0.617. The Hall–Kier alpha value is -1.23. The van der Waals surface area contributed by atoms with Gasteiger partial charge in [-0.15, -0.1) is 0 Å². The first kappa shape index (κ1) is 12.8. The van der Waals surface area contributed by atoms with Crippen molar-refractivity contribution in [3.05, 3.63) is 23.9 Å². The fourth-order valence-electron chi connectivity index (χ4n) is 3.30. The summed E-state index contributed by atoms with van der Waals surface area (Å²) in [5.74, 6) is -0.863. The molecule has 2 saturated heterocycles. The van der Waals surface area contributed by atoms with Crippen LogP contribution in [0.25, 0.3) is 0 Å². The van der Waals surface area contributed by atoms with Gasteiger partial charge in [0.2, 0.25) is 0 Å². The molecule has 5 heteroatoms. The third-order valence-corrected chi connectivity index (χ3v) is 4.17. The topological polar surface area (TPSA) is 28.2 Å². The van der Waals surface area contributed by atoms with Crippen LogP contribution in [0.4, 0.5) is 14.6 Å². The summed E-state index contributed by atoms with van der Waals surface area (Å²) < 4.78 is 26.9. The number of nitrogens with one attached hydrogen (secondary N) is 1. The molecule has 3 heterocycles. The largest absolute Gasteiger partial charge is 0.350 e. The van der Waals surface area contributed by atoms with Crippen LogP contribution in [0.5, 0.6) is 0 Å². The second kappa shape index (κ2) is 5.41. The fourth-order valence-corrected chi connectivity index (χ4v) is 3.30. The molecular formula is C14H19F2N3. The van der Waals surface area contributed by atoms with Crippen LogP contribution in [-0.4, -0.2) is 30.2 Å². The standard InChI is InChI=1S/C14H19F2N3/c15-10-8-11(16)14(18-9-10)19-7-2-1-5-13(19)12-4-3-6-17-12/h8-9,12-13,17H,1-7H2. The van der Waals surface area contributed by atoms with E-state index in [-0.39, 0.29) is 6.04 Å². The summed E-state index contributed by atoms with van der Waals surface area (Å²) in [5, 5.41) is 3.49. The molecule has 2 aliphatic heterocycles. The minimum absolute atomic E-state index is 0.281. The van der Waals surface area contributed by atoms with E-state index < -0.39 is 11.6 Å². The highest BCUT2D eigenvalue weighted by molar-refractivity contribution is 5.42. The summed E-state index contributed by atoms with van der Waals surface area (Å²) >= 11 is 0. The van der Waals surface area contributed by atoms with Crippen LogP contribution >= 0.6 is 0 Å². The van der Waals surface area contributed by atoms with E-state index in [4.69, 9.17) is 0 Å². The van der Waals surface area contributed by atoms with Crippen LogP contribution in [0.2, 0.25) is 0 Å². The van der Waals surface area contributed by atoms with Crippen LogP contribution in [0.3, 0.4) is 0 Å². The van der Waals surface area contributed by atoms with Gasteiger partial charge in [0.05, 0.1) is 6.20 Å². The number of nitrogens with zero attached hydrogens (tertiary/aromatic N) is 2. The fraction of sp³-hybridized carbons (Fsp3) is 0.643. The van der Waals surface area contributed by atoms with Crippen molar-refractivity contribution in [1.82, 2.24) is 10.3 Å². The minimum Gasteiger partial charge on any atom is -0.350 e. The van der Waals surface area contributed by atoms with Gasteiger partial charge in [-0.3, -0.25) is 0 Å². The number of aromatic nitrogens is 1. The quantitative estimate of drug-likeness (QED) is 0.892. The molecule has 2 unspecified atom stereocenters. The highest BCUT2D eigenvalue weighted by atomic mass is 19.1. The molecular weight excluding hydrogens is 248 g/mol. The monoisotopic (exact) mass is 267 g/mol. The Labute approximate surface area is 112 Å². The Kier molecular flexibility index (Phi) is 3.64. The molecule has 0 bridgehead atoms. The van der Waals surface area contributed by atoms with Gasteiger partial charge in [0.15, 0.2) is 11.6 Å². The first-order valence-corrected chi connectivity index (χ1v) is 7.07. The van der Waals surface area contributed by atoms with Crippen molar-refractivity contribution in [2.24, 2.45) is 0 Å². The molecule has 0 saturated carbocycles. The Morgan fingerprint density at radius 2 is 2.11 bits per heavy atom. The van der Waals surface area contributed by atoms with Crippen molar-refractivity contribution in [2.45, 2.75) is 44.2 Å².